The number of hydrogen-bond donors (Lipinski definition) is 0. The number of alkyl halides is 5. The number of halogens is 8. The van der Waals surface area contributed by atoms with Crippen molar-refractivity contribution in [2.45, 2.75) is 57.3 Å². The van der Waals surface area contributed by atoms with E-state index < -0.39 is 53.6 Å². The van der Waals surface area contributed by atoms with Crippen molar-refractivity contribution in [3.8, 4) is 22.6 Å². The van der Waals surface area contributed by atoms with Crippen LogP contribution in [0.1, 0.15) is 55.9 Å². The molecule has 4 nitrogen and oxygen atoms in total. The van der Waals surface area contributed by atoms with Gasteiger partial charge in [0, 0.05) is 23.1 Å². The van der Waals surface area contributed by atoms with E-state index >= 15 is 8.78 Å². The van der Waals surface area contributed by atoms with E-state index in [2.05, 4.69) is 4.74 Å². The number of hydrogen-bond acceptors (Lipinski definition) is 4. The van der Waals surface area contributed by atoms with Crippen molar-refractivity contribution in [2.24, 2.45) is 11.8 Å². The maximum Gasteiger partial charge on any atom is 0.573 e. The Kier molecular flexibility index (Phi) is 8.89. The van der Waals surface area contributed by atoms with Crippen LogP contribution in [0.15, 0.2) is 54.6 Å². The minimum Gasteiger partial charge on any atom is -0.432 e. The molecule has 0 aromatic heterocycles. The lowest BCUT2D eigenvalue weighted by Gasteiger charge is -2.34. The first-order valence-electron chi connectivity index (χ1n) is 13.7. The molecule has 1 aliphatic carbocycles. The fourth-order valence-corrected chi connectivity index (χ4v) is 5.46. The fourth-order valence-electron chi connectivity index (χ4n) is 5.46. The average molecular weight is 617 g/mol. The highest BCUT2D eigenvalue weighted by Crippen LogP contribution is 2.44. The van der Waals surface area contributed by atoms with Gasteiger partial charge in [-0.1, -0.05) is 25.1 Å². The Hall–Kier alpha value is -3.38. The van der Waals surface area contributed by atoms with Gasteiger partial charge in [-0.3, -0.25) is 0 Å². The molecule has 1 saturated carbocycles. The summed E-state index contributed by atoms with van der Waals surface area (Å²) in [5, 5.41) is 0. The van der Waals surface area contributed by atoms with E-state index in [1.165, 1.54) is 6.07 Å². The Morgan fingerprint density at radius 1 is 0.721 bits per heavy atom. The van der Waals surface area contributed by atoms with Crippen molar-refractivity contribution in [1.29, 1.82) is 0 Å². The van der Waals surface area contributed by atoms with E-state index in [0.717, 1.165) is 18.2 Å². The summed E-state index contributed by atoms with van der Waals surface area (Å²) in [5.74, 6) is -5.66. The summed E-state index contributed by atoms with van der Waals surface area (Å²) in [6, 6.07) is 9.88. The standard InChI is InChI=1S/C31H28F8O4/c1-17-15-40-29(41-16-17)20-4-9-23(25(32)13-20)18-2-6-21(7-3-18)30(35,36)42-22-8-10-24(26(33)14-22)19-5-11-28(27(34)12-19)43-31(37,38)39/h4-5,8-14,17-18,21,29H,2-3,6-7,15-16H2,1H3. The monoisotopic (exact) mass is 616 g/mol. The average Bonchev–Trinajstić information content (AvgIpc) is 2.94. The molecule has 0 unspecified atom stereocenters. The van der Waals surface area contributed by atoms with Gasteiger partial charge in [0.25, 0.3) is 0 Å². The molecule has 0 amide bonds. The van der Waals surface area contributed by atoms with Crippen LogP contribution in [0.3, 0.4) is 0 Å². The quantitative estimate of drug-likeness (QED) is 0.248. The second-order valence-corrected chi connectivity index (χ2v) is 10.9. The van der Waals surface area contributed by atoms with Crippen LogP contribution in [0.5, 0.6) is 11.5 Å². The van der Waals surface area contributed by atoms with Gasteiger partial charge in [0.1, 0.15) is 17.4 Å². The predicted molar refractivity (Wildman–Crippen MR) is 139 cm³/mol. The summed E-state index contributed by atoms with van der Waals surface area (Å²) < 4.78 is 131. The van der Waals surface area contributed by atoms with Crippen molar-refractivity contribution in [3.63, 3.8) is 0 Å². The van der Waals surface area contributed by atoms with Gasteiger partial charge in [0.2, 0.25) is 0 Å². The first kappa shape index (κ1) is 31.1. The summed E-state index contributed by atoms with van der Waals surface area (Å²) in [6.07, 6.45) is -8.75. The van der Waals surface area contributed by atoms with E-state index in [1.807, 2.05) is 6.92 Å². The zero-order valence-corrected chi connectivity index (χ0v) is 22.9. The normalized spacial score (nSPS) is 23.2. The van der Waals surface area contributed by atoms with Crippen molar-refractivity contribution >= 4 is 0 Å². The molecule has 1 aliphatic heterocycles. The molecule has 12 heteroatoms. The van der Waals surface area contributed by atoms with Gasteiger partial charge in [0.15, 0.2) is 17.9 Å². The summed E-state index contributed by atoms with van der Waals surface area (Å²) in [5.41, 5.74) is 0.619. The fraction of sp³-hybridized carbons (Fsp3) is 0.419. The van der Waals surface area contributed by atoms with Crippen LogP contribution in [0, 0.1) is 29.3 Å². The zero-order chi connectivity index (χ0) is 30.9. The van der Waals surface area contributed by atoms with E-state index in [1.54, 1.807) is 12.1 Å². The van der Waals surface area contributed by atoms with E-state index in [0.29, 0.717) is 55.4 Å². The van der Waals surface area contributed by atoms with Gasteiger partial charge < -0.3 is 18.9 Å². The topological polar surface area (TPSA) is 36.9 Å². The second-order valence-electron chi connectivity index (χ2n) is 10.9. The van der Waals surface area contributed by atoms with Gasteiger partial charge in [0.05, 0.1) is 19.1 Å². The third kappa shape index (κ3) is 7.41. The Bertz CT molecular complexity index is 1430. The minimum absolute atomic E-state index is 0.0395. The lowest BCUT2D eigenvalue weighted by molar-refractivity contribution is -0.275. The molecular weight excluding hydrogens is 588 g/mol. The molecule has 0 N–H and O–H groups in total. The molecule has 0 bridgehead atoms. The first-order chi connectivity index (χ1) is 20.3. The Morgan fingerprint density at radius 3 is 2.02 bits per heavy atom. The number of rotatable bonds is 7. The second kappa shape index (κ2) is 12.3. The third-order valence-electron chi connectivity index (χ3n) is 7.67. The van der Waals surface area contributed by atoms with Gasteiger partial charge in [-0.05, 0) is 73.1 Å². The summed E-state index contributed by atoms with van der Waals surface area (Å²) in [6.45, 7) is 2.99. The molecule has 0 atom stereocenters. The smallest absolute Gasteiger partial charge is 0.432 e. The third-order valence-corrected chi connectivity index (χ3v) is 7.67. The van der Waals surface area contributed by atoms with E-state index in [9.17, 15) is 26.3 Å². The Balaban J connectivity index is 1.20. The molecule has 2 aliphatic rings. The van der Waals surface area contributed by atoms with E-state index in [4.69, 9.17) is 14.2 Å². The maximum absolute atomic E-state index is 15.1. The molecule has 5 rings (SSSR count). The molecule has 43 heavy (non-hydrogen) atoms. The molecule has 3 aromatic carbocycles. The van der Waals surface area contributed by atoms with Crippen LogP contribution in [0.25, 0.3) is 11.1 Å². The summed E-state index contributed by atoms with van der Waals surface area (Å²) in [7, 11) is 0. The lowest BCUT2D eigenvalue weighted by atomic mass is 9.78. The van der Waals surface area contributed by atoms with Crippen molar-refractivity contribution in [3.05, 3.63) is 83.2 Å². The van der Waals surface area contributed by atoms with Gasteiger partial charge in [-0.2, -0.15) is 8.78 Å². The largest absolute Gasteiger partial charge is 0.573 e. The molecule has 0 spiro atoms. The molecule has 2 fully saturated rings. The molecule has 3 aromatic rings. The Labute approximate surface area is 242 Å². The SMILES string of the molecule is CC1COC(c2ccc(C3CCC(C(F)(F)Oc4ccc(-c5ccc(OC(F)(F)F)c(F)c5)c(F)c4)CC3)c(F)c2)OC1. The van der Waals surface area contributed by atoms with Crippen molar-refractivity contribution in [2.75, 3.05) is 13.2 Å². The van der Waals surface area contributed by atoms with Gasteiger partial charge in [-0.25, -0.2) is 13.2 Å². The van der Waals surface area contributed by atoms with Crippen molar-refractivity contribution < 1.29 is 54.1 Å². The van der Waals surface area contributed by atoms with Crippen molar-refractivity contribution in [1.82, 2.24) is 0 Å². The van der Waals surface area contributed by atoms with E-state index in [-0.39, 0.29) is 35.8 Å². The Morgan fingerprint density at radius 2 is 1.42 bits per heavy atom. The summed E-state index contributed by atoms with van der Waals surface area (Å²) >= 11 is 0. The van der Waals surface area contributed by atoms with Gasteiger partial charge >= 0.3 is 12.5 Å². The highest BCUT2D eigenvalue weighted by molar-refractivity contribution is 5.66. The summed E-state index contributed by atoms with van der Waals surface area (Å²) in [4.78, 5) is 0. The highest BCUT2D eigenvalue weighted by atomic mass is 19.4. The van der Waals surface area contributed by atoms with Crippen LogP contribution in [0.4, 0.5) is 35.1 Å². The van der Waals surface area contributed by atoms with Gasteiger partial charge in [-0.15, -0.1) is 13.2 Å². The number of benzene rings is 3. The molecule has 232 valence electrons. The van der Waals surface area contributed by atoms with Crippen LogP contribution in [0.2, 0.25) is 0 Å². The molecule has 0 radical (unpaired) electrons. The first-order valence-corrected chi connectivity index (χ1v) is 13.7. The zero-order valence-electron chi connectivity index (χ0n) is 22.9. The molecule has 1 heterocycles. The minimum atomic E-state index is -5.11. The van der Waals surface area contributed by atoms with Crippen LogP contribution in [-0.4, -0.2) is 25.7 Å². The predicted octanol–water partition coefficient (Wildman–Crippen LogP) is 9.30. The molecule has 1 saturated heterocycles. The van der Waals surface area contributed by atoms with Crippen LogP contribution in [-0.2, 0) is 9.47 Å². The van der Waals surface area contributed by atoms with Crippen LogP contribution >= 0.6 is 0 Å². The van der Waals surface area contributed by atoms with Crippen LogP contribution < -0.4 is 9.47 Å². The number of ether oxygens (including phenoxy) is 4. The highest BCUT2D eigenvalue weighted by Gasteiger charge is 2.44. The molecular formula is C31H28F8O4. The lowest BCUT2D eigenvalue weighted by Crippen LogP contribution is -2.37. The maximum atomic E-state index is 15.1.